The van der Waals surface area contributed by atoms with E-state index in [9.17, 15) is 4.79 Å². The Morgan fingerprint density at radius 3 is 2.95 bits per heavy atom. The van der Waals surface area contributed by atoms with Gasteiger partial charge in [0.15, 0.2) is 0 Å². The van der Waals surface area contributed by atoms with E-state index >= 15 is 0 Å². The van der Waals surface area contributed by atoms with E-state index in [1.165, 1.54) is 0 Å². The molecule has 1 N–H and O–H groups in total. The molecule has 0 saturated carbocycles. The number of hydrogen-bond acceptors (Lipinski definition) is 4. The summed E-state index contributed by atoms with van der Waals surface area (Å²) >= 11 is 11.9. The van der Waals surface area contributed by atoms with Crippen molar-refractivity contribution in [2.24, 2.45) is 0 Å². The number of nitrogens with one attached hydrogen (secondary N) is 1. The fourth-order valence-electron chi connectivity index (χ4n) is 2.71. The molecule has 5 nitrogen and oxygen atoms in total. The van der Waals surface area contributed by atoms with Gasteiger partial charge in [-0.3, -0.25) is 4.79 Å². The topological polar surface area (TPSA) is 50.8 Å². The number of nitrogens with zero attached hydrogens (tertiary/aromatic N) is 1. The number of ether oxygens (including phenoxy) is 2. The number of rotatable bonds is 3. The van der Waals surface area contributed by atoms with Crippen molar-refractivity contribution in [2.75, 3.05) is 32.8 Å². The molecule has 2 aliphatic heterocycles. The molecule has 1 amide bonds. The predicted molar refractivity (Wildman–Crippen MR) is 84.7 cm³/mol. The maximum absolute atomic E-state index is 12.4. The molecule has 2 heterocycles. The van der Waals surface area contributed by atoms with Crippen LogP contribution in [0.15, 0.2) is 18.2 Å². The third-order valence-electron chi connectivity index (χ3n) is 3.87. The number of amides is 1. The fraction of sp³-hybridized carbons (Fsp3) is 0.533. The number of carbonyl (C=O) groups excluding carboxylic acids is 1. The summed E-state index contributed by atoms with van der Waals surface area (Å²) in [7, 11) is 0. The van der Waals surface area contributed by atoms with E-state index in [1.807, 2.05) is 4.90 Å². The van der Waals surface area contributed by atoms with Crippen molar-refractivity contribution in [2.45, 2.75) is 18.6 Å². The third kappa shape index (κ3) is 3.66. The molecule has 2 fully saturated rings. The van der Waals surface area contributed by atoms with Gasteiger partial charge in [0.05, 0.1) is 29.8 Å². The maximum Gasteiger partial charge on any atom is 0.242 e. The minimum atomic E-state index is -0.238. The Hall–Kier alpha value is -1.01. The van der Waals surface area contributed by atoms with Crippen LogP contribution in [0, 0.1) is 0 Å². The standard InChI is InChI=1S/C15H18Cl2N2O3/c16-12-2-1-10(7-13(12)17)22-11-3-5-19(8-11)15(20)14-9-21-6-4-18-14/h1-2,7,11,14,18H,3-6,8-9H2/t11-,14+/m0/s1. The van der Waals surface area contributed by atoms with Crippen molar-refractivity contribution in [1.82, 2.24) is 10.2 Å². The Morgan fingerprint density at radius 1 is 1.36 bits per heavy atom. The van der Waals surface area contributed by atoms with Crippen molar-refractivity contribution < 1.29 is 14.3 Å². The zero-order chi connectivity index (χ0) is 15.5. The van der Waals surface area contributed by atoms with Gasteiger partial charge < -0.3 is 19.7 Å². The van der Waals surface area contributed by atoms with Gasteiger partial charge in [-0.1, -0.05) is 23.2 Å². The van der Waals surface area contributed by atoms with Crippen LogP contribution in [0.25, 0.3) is 0 Å². The van der Waals surface area contributed by atoms with Crippen LogP contribution in [0.5, 0.6) is 5.75 Å². The second-order valence-electron chi connectivity index (χ2n) is 5.47. The number of halogens is 2. The predicted octanol–water partition coefficient (Wildman–Crippen LogP) is 1.96. The smallest absolute Gasteiger partial charge is 0.242 e. The van der Waals surface area contributed by atoms with Crippen LogP contribution >= 0.6 is 23.2 Å². The van der Waals surface area contributed by atoms with Crippen LogP contribution in [0.3, 0.4) is 0 Å². The monoisotopic (exact) mass is 344 g/mol. The van der Waals surface area contributed by atoms with E-state index < -0.39 is 0 Å². The molecule has 7 heteroatoms. The number of benzene rings is 1. The van der Waals surface area contributed by atoms with E-state index in [4.69, 9.17) is 32.7 Å². The average Bonchev–Trinajstić information content (AvgIpc) is 2.99. The van der Waals surface area contributed by atoms with Crippen LogP contribution in [0.4, 0.5) is 0 Å². The Kier molecular flexibility index (Phi) is 5.08. The van der Waals surface area contributed by atoms with Gasteiger partial charge in [0.2, 0.25) is 5.91 Å². The van der Waals surface area contributed by atoms with E-state index in [0.29, 0.717) is 48.6 Å². The summed E-state index contributed by atoms with van der Waals surface area (Å²) in [5.74, 6) is 0.757. The third-order valence-corrected chi connectivity index (χ3v) is 4.61. The van der Waals surface area contributed by atoms with Gasteiger partial charge in [0.25, 0.3) is 0 Å². The van der Waals surface area contributed by atoms with E-state index in [0.717, 1.165) is 6.42 Å². The lowest BCUT2D eigenvalue weighted by Crippen LogP contribution is -2.52. The number of hydrogen-bond donors (Lipinski definition) is 1. The summed E-state index contributed by atoms with van der Waals surface area (Å²) in [6, 6.07) is 4.96. The molecule has 0 radical (unpaired) electrons. The van der Waals surface area contributed by atoms with Gasteiger partial charge in [0, 0.05) is 25.6 Å². The first-order valence-corrected chi connectivity index (χ1v) is 8.10. The van der Waals surface area contributed by atoms with Gasteiger partial charge in [-0.25, -0.2) is 0 Å². The molecular formula is C15H18Cl2N2O3. The highest BCUT2D eigenvalue weighted by Gasteiger charge is 2.32. The molecule has 0 aliphatic carbocycles. The molecule has 0 bridgehead atoms. The Labute approximate surface area is 139 Å². The van der Waals surface area contributed by atoms with Crippen molar-refractivity contribution in [3.63, 3.8) is 0 Å². The number of carbonyl (C=O) groups is 1. The Morgan fingerprint density at radius 2 is 2.23 bits per heavy atom. The van der Waals surface area contributed by atoms with E-state index in [1.54, 1.807) is 18.2 Å². The molecule has 1 aromatic rings. The Bertz CT molecular complexity index is 550. The first kappa shape index (κ1) is 15.9. The highest BCUT2D eigenvalue weighted by molar-refractivity contribution is 6.42. The van der Waals surface area contributed by atoms with Gasteiger partial charge in [-0.15, -0.1) is 0 Å². The lowest BCUT2D eigenvalue weighted by molar-refractivity contribution is -0.135. The summed E-state index contributed by atoms with van der Waals surface area (Å²) < 4.78 is 11.2. The van der Waals surface area contributed by atoms with Crippen LogP contribution in [0.2, 0.25) is 10.0 Å². The molecule has 1 aromatic carbocycles. The molecule has 0 spiro atoms. The molecule has 2 aliphatic rings. The highest BCUT2D eigenvalue weighted by atomic mass is 35.5. The van der Waals surface area contributed by atoms with E-state index in [2.05, 4.69) is 5.32 Å². The van der Waals surface area contributed by atoms with Crippen molar-refractivity contribution >= 4 is 29.1 Å². The Balaban J connectivity index is 1.55. The average molecular weight is 345 g/mol. The first-order chi connectivity index (χ1) is 10.6. The fourth-order valence-corrected chi connectivity index (χ4v) is 3.00. The lowest BCUT2D eigenvalue weighted by Gasteiger charge is -2.27. The van der Waals surface area contributed by atoms with Gasteiger partial charge in [-0.2, -0.15) is 0 Å². The molecule has 120 valence electrons. The zero-order valence-electron chi connectivity index (χ0n) is 12.1. The molecule has 3 rings (SSSR count). The maximum atomic E-state index is 12.4. The largest absolute Gasteiger partial charge is 0.488 e. The summed E-state index contributed by atoms with van der Waals surface area (Å²) in [5, 5.41) is 4.15. The number of likely N-dealkylation sites (tertiary alicyclic amines) is 1. The lowest BCUT2D eigenvalue weighted by atomic mass is 10.2. The first-order valence-electron chi connectivity index (χ1n) is 7.35. The van der Waals surface area contributed by atoms with Crippen molar-refractivity contribution in [1.29, 1.82) is 0 Å². The summed E-state index contributed by atoms with van der Waals surface area (Å²) in [6.07, 6.45) is 0.783. The molecule has 0 aromatic heterocycles. The minimum absolute atomic E-state index is 0.0225. The van der Waals surface area contributed by atoms with Crippen LogP contribution < -0.4 is 10.1 Å². The second-order valence-corrected chi connectivity index (χ2v) is 6.28. The van der Waals surface area contributed by atoms with Gasteiger partial charge in [0.1, 0.15) is 17.9 Å². The normalized spacial score (nSPS) is 25.3. The second kappa shape index (κ2) is 7.04. The summed E-state index contributed by atoms with van der Waals surface area (Å²) in [4.78, 5) is 14.2. The minimum Gasteiger partial charge on any atom is -0.488 e. The molecule has 22 heavy (non-hydrogen) atoms. The van der Waals surface area contributed by atoms with Crippen LogP contribution in [-0.2, 0) is 9.53 Å². The molecule has 2 saturated heterocycles. The van der Waals surface area contributed by atoms with Gasteiger partial charge in [-0.05, 0) is 12.1 Å². The molecule has 2 atom stereocenters. The van der Waals surface area contributed by atoms with Crippen LogP contribution in [0.1, 0.15) is 6.42 Å². The quantitative estimate of drug-likeness (QED) is 0.910. The molecule has 0 unspecified atom stereocenters. The van der Waals surface area contributed by atoms with E-state index in [-0.39, 0.29) is 18.1 Å². The SMILES string of the molecule is O=C([C@H]1COCCN1)N1CC[C@H](Oc2ccc(Cl)c(Cl)c2)C1. The zero-order valence-corrected chi connectivity index (χ0v) is 13.6. The highest BCUT2D eigenvalue weighted by Crippen LogP contribution is 2.28. The summed E-state index contributed by atoms with van der Waals surface area (Å²) in [5.41, 5.74) is 0. The van der Waals surface area contributed by atoms with Crippen molar-refractivity contribution in [3.05, 3.63) is 28.2 Å². The summed E-state index contributed by atoms with van der Waals surface area (Å²) in [6.45, 7) is 3.09. The van der Waals surface area contributed by atoms with Crippen LogP contribution in [-0.4, -0.2) is 55.8 Å². The van der Waals surface area contributed by atoms with Gasteiger partial charge >= 0.3 is 0 Å². The molecular weight excluding hydrogens is 327 g/mol. The van der Waals surface area contributed by atoms with Crippen molar-refractivity contribution in [3.8, 4) is 5.75 Å². The number of morpholine rings is 1.